The monoisotopic (exact) mass is 298 g/mol. The standard InChI is InChI=1S/C12H12BrFN2O/c13-10-2-1-8(11(14)6-10)5-12(16-15)9-3-4-17-7-9/h1-4,6-7,12,16H,5,15H2. The molecule has 0 bridgehead atoms. The minimum atomic E-state index is -0.247. The smallest absolute Gasteiger partial charge is 0.127 e. The number of hydrogen-bond acceptors (Lipinski definition) is 3. The van der Waals surface area contributed by atoms with Crippen LogP contribution in [-0.2, 0) is 6.42 Å². The first-order chi connectivity index (χ1) is 8.20. The third-order valence-corrected chi connectivity index (χ3v) is 3.08. The third-order valence-electron chi connectivity index (χ3n) is 2.59. The molecule has 0 aliphatic carbocycles. The minimum Gasteiger partial charge on any atom is -0.472 e. The molecule has 0 fully saturated rings. The molecule has 1 aromatic heterocycles. The molecule has 0 saturated heterocycles. The van der Waals surface area contributed by atoms with Crippen LogP contribution in [0, 0.1) is 5.82 Å². The average molecular weight is 299 g/mol. The fourth-order valence-electron chi connectivity index (χ4n) is 1.65. The number of rotatable bonds is 4. The van der Waals surface area contributed by atoms with Gasteiger partial charge in [0.25, 0.3) is 0 Å². The molecule has 0 aliphatic rings. The molecule has 1 heterocycles. The molecule has 0 aliphatic heterocycles. The molecular formula is C12H12BrFN2O. The Bertz CT molecular complexity index is 487. The first-order valence-electron chi connectivity index (χ1n) is 5.13. The Morgan fingerprint density at radius 1 is 1.41 bits per heavy atom. The fraction of sp³-hybridized carbons (Fsp3) is 0.167. The van der Waals surface area contributed by atoms with Crippen molar-refractivity contribution in [3.8, 4) is 0 Å². The van der Waals surface area contributed by atoms with Crippen molar-refractivity contribution in [3.63, 3.8) is 0 Å². The maximum atomic E-state index is 13.7. The molecule has 1 atom stereocenters. The van der Waals surface area contributed by atoms with Crippen LogP contribution in [-0.4, -0.2) is 0 Å². The Kier molecular flexibility index (Phi) is 3.93. The van der Waals surface area contributed by atoms with Gasteiger partial charge in [-0.1, -0.05) is 22.0 Å². The zero-order valence-corrected chi connectivity index (χ0v) is 10.6. The van der Waals surface area contributed by atoms with Crippen LogP contribution in [0.3, 0.4) is 0 Å². The lowest BCUT2D eigenvalue weighted by Crippen LogP contribution is -2.29. The highest BCUT2D eigenvalue weighted by atomic mass is 79.9. The van der Waals surface area contributed by atoms with Gasteiger partial charge in [0.1, 0.15) is 5.82 Å². The maximum absolute atomic E-state index is 13.7. The number of hydrazine groups is 1. The van der Waals surface area contributed by atoms with Gasteiger partial charge >= 0.3 is 0 Å². The number of hydrogen-bond donors (Lipinski definition) is 2. The summed E-state index contributed by atoms with van der Waals surface area (Å²) in [4.78, 5) is 0. The molecule has 3 nitrogen and oxygen atoms in total. The van der Waals surface area contributed by atoms with Gasteiger partial charge in [-0.05, 0) is 30.2 Å². The number of benzene rings is 1. The SMILES string of the molecule is NNC(Cc1ccc(Br)cc1F)c1ccoc1. The molecule has 0 spiro atoms. The summed E-state index contributed by atoms with van der Waals surface area (Å²) in [5.41, 5.74) is 4.16. The summed E-state index contributed by atoms with van der Waals surface area (Å²) in [5.74, 6) is 5.22. The molecule has 1 aromatic carbocycles. The van der Waals surface area contributed by atoms with Crippen molar-refractivity contribution in [2.45, 2.75) is 12.5 Å². The maximum Gasteiger partial charge on any atom is 0.127 e. The predicted molar refractivity (Wildman–Crippen MR) is 66.6 cm³/mol. The predicted octanol–water partition coefficient (Wildman–Crippen LogP) is 2.93. The minimum absolute atomic E-state index is 0.163. The Hall–Kier alpha value is -1.17. The number of furan rings is 1. The summed E-state index contributed by atoms with van der Waals surface area (Å²) in [7, 11) is 0. The fourth-order valence-corrected chi connectivity index (χ4v) is 1.99. The average Bonchev–Trinajstić information content (AvgIpc) is 2.81. The van der Waals surface area contributed by atoms with Crippen LogP contribution in [0.5, 0.6) is 0 Å². The van der Waals surface area contributed by atoms with E-state index in [1.54, 1.807) is 30.7 Å². The van der Waals surface area contributed by atoms with Crippen LogP contribution in [0.15, 0.2) is 45.7 Å². The molecule has 0 radical (unpaired) electrons. The van der Waals surface area contributed by atoms with E-state index in [1.807, 2.05) is 0 Å². The summed E-state index contributed by atoms with van der Waals surface area (Å²) >= 11 is 3.22. The zero-order chi connectivity index (χ0) is 12.3. The highest BCUT2D eigenvalue weighted by molar-refractivity contribution is 9.10. The molecule has 17 heavy (non-hydrogen) atoms. The van der Waals surface area contributed by atoms with E-state index in [9.17, 15) is 4.39 Å². The van der Waals surface area contributed by atoms with Crippen molar-refractivity contribution in [2.24, 2.45) is 5.84 Å². The summed E-state index contributed by atoms with van der Waals surface area (Å²) < 4.78 is 19.4. The highest BCUT2D eigenvalue weighted by Crippen LogP contribution is 2.22. The topological polar surface area (TPSA) is 51.2 Å². The summed E-state index contributed by atoms with van der Waals surface area (Å²) in [5, 5.41) is 0. The number of nitrogens with one attached hydrogen (secondary N) is 1. The van der Waals surface area contributed by atoms with Gasteiger partial charge in [-0.15, -0.1) is 0 Å². The lowest BCUT2D eigenvalue weighted by Gasteiger charge is -2.14. The van der Waals surface area contributed by atoms with Gasteiger partial charge in [-0.3, -0.25) is 11.3 Å². The first-order valence-corrected chi connectivity index (χ1v) is 5.92. The number of halogens is 2. The largest absolute Gasteiger partial charge is 0.472 e. The molecule has 2 rings (SSSR count). The van der Waals surface area contributed by atoms with Crippen LogP contribution in [0.25, 0.3) is 0 Å². The molecule has 0 saturated carbocycles. The Morgan fingerprint density at radius 2 is 2.24 bits per heavy atom. The highest BCUT2D eigenvalue weighted by Gasteiger charge is 2.14. The van der Waals surface area contributed by atoms with Crippen LogP contribution in [0.2, 0.25) is 0 Å². The van der Waals surface area contributed by atoms with E-state index in [4.69, 9.17) is 10.3 Å². The van der Waals surface area contributed by atoms with E-state index in [0.717, 1.165) is 10.0 Å². The van der Waals surface area contributed by atoms with E-state index in [0.29, 0.717) is 12.0 Å². The molecule has 5 heteroatoms. The second kappa shape index (κ2) is 5.44. The Balaban J connectivity index is 2.19. The van der Waals surface area contributed by atoms with E-state index in [-0.39, 0.29) is 11.9 Å². The molecular weight excluding hydrogens is 287 g/mol. The lowest BCUT2D eigenvalue weighted by molar-refractivity contribution is 0.513. The van der Waals surface area contributed by atoms with Crippen molar-refractivity contribution in [1.29, 1.82) is 0 Å². The summed E-state index contributed by atoms with van der Waals surface area (Å²) in [6, 6.07) is 6.63. The second-order valence-corrected chi connectivity index (χ2v) is 4.63. The van der Waals surface area contributed by atoms with Crippen molar-refractivity contribution in [1.82, 2.24) is 5.43 Å². The van der Waals surface area contributed by atoms with Crippen molar-refractivity contribution in [3.05, 3.63) is 58.2 Å². The van der Waals surface area contributed by atoms with Gasteiger partial charge in [0.05, 0.1) is 18.6 Å². The first kappa shape index (κ1) is 12.3. The Morgan fingerprint density at radius 3 is 2.82 bits per heavy atom. The van der Waals surface area contributed by atoms with Crippen LogP contribution < -0.4 is 11.3 Å². The van der Waals surface area contributed by atoms with Gasteiger partial charge in [-0.2, -0.15) is 0 Å². The van der Waals surface area contributed by atoms with Crippen LogP contribution in [0.1, 0.15) is 17.2 Å². The zero-order valence-electron chi connectivity index (χ0n) is 8.99. The summed E-state index contributed by atoms with van der Waals surface area (Å²) in [6.45, 7) is 0. The normalized spacial score (nSPS) is 12.6. The molecule has 1 unspecified atom stereocenters. The molecule has 0 amide bonds. The van der Waals surface area contributed by atoms with Gasteiger partial charge in [0, 0.05) is 10.0 Å². The quantitative estimate of drug-likeness (QED) is 0.674. The van der Waals surface area contributed by atoms with Gasteiger partial charge < -0.3 is 4.42 Å². The molecule has 2 aromatic rings. The van der Waals surface area contributed by atoms with Crippen LogP contribution >= 0.6 is 15.9 Å². The van der Waals surface area contributed by atoms with E-state index >= 15 is 0 Å². The van der Waals surface area contributed by atoms with Crippen molar-refractivity contribution >= 4 is 15.9 Å². The van der Waals surface area contributed by atoms with Crippen molar-refractivity contribution in [2.75, 3.05) is 0 Å². The van der Waals surface area contributed by atoms with Crippen molar-refractivity contribution < 1.29 is 8.81 Å². The van der Waals surface area contributed by atoms with Gasteiger partial charge in [0.15, 0.2) is 0 Å². The van der Waals surface area contributed by atoms with Gasteiger partial charge in [-0.25, -0.2) is 4.39 Å². The van der Waals surface area contributed by atoms with E-state index < -0.39 is 0 Å². The Labute approximate surface area is 107 Å². The van der Waals surface area contributed by atoms with E-state index in [2.05, 4.69) is 21.4 Å². The molecule has 90 valence electrons. The van der Waals surface area contributed by atoms with Crippen LogP contribution in [0.4, 0.5) is 4.39 Å². The third kappa shape index (κ3) is 2.94. The summed E-state index contributed by atoms with van der Waals surface area (Å²) in [6.07, 6.45) is 3.63. The van der Waals surface area contributed by atoms with Gasteiger partial charge in [0.2, 0.25) is 0 Å². The second-order valence-electron chi connectivity index (χ2n) is 3.72. The number of nitrogens with two attached hydrogens (primary N) is 1. The molecule has 3 N–H and O–H groups in total. The lowest BCUT2D eigenvalue weighted by atomic mass is 10.0. The van der Waals surface area contributed by atoms with E-state index in [1.165, 1.54) is 6.07 Å².